The Hall–Kier alpha value is -3.81. The van der Waals surface area contributed by atoms with Gasteiger partial charge in [-0.3, -0.25) is 9.78 Å². The van der Waals surface area contributed by atoms with Crippen LogP contribution in [0.5, 0.6) is 0 Å². The SMILES string of the molecule is COC(=O)c1ccccc1NC(=O)c1cnc(NCc2ccccn2)cn1. The number of hydrogen-bond acceptors (Lipinski definition) is 7. The van der Waals surface area contributed by atoms with Gasteiger partial charge in [0.25, 0.3) is 5.91 Å². The van der Waals surface area contributed by atoms with Crippen molar-refractivity contribution in [2.24, 2.45) is 0 Å². The second-order valence-electron chi connectivity index (χ2n) is 5.45. The molecule has 0 fully saturated rings. The number of amides is 1. The molecule has 2 heterocycles. The van der Waals surface area contributed by atoms with Crippen LogP contribution in [-0.2, 0) is 11.3 Å². The lowest BCUT2D eigenvalue weighted by Crippen LogP contribution is -2.17. The predicted octanol–water partition coefficient (Wildman–Crippen LogP) is 2.52. The second kappa shape index (κ2) is 8.52. The summed E-state index contributed by atoms with van der Waals surface area (Å²) in [5, 5.41) is 5.73. The number of esters is 1. The van der Waals surface area contributed by atoms with E-state index in [1.165, 1.54) is 19.5 Å². The first-order valence-corrected chi connectivity index (χ1v) is 8.12. The van der Waals surface area contributed by atoms with Crippen molar-refractivity contribution >= 4 is 23.4 Å². The molecule has 136 valence electrons. The Morgan fingerprint density at radius 1 is 1.00 bits per heavy atom. The van der Waals surface area contributed by atoms with Crippen molar-refractivity contribution in [1.82, 2.24) is 15.0 Å². The predicted molar refractivity (Wildman–Crippen MR) is 99.3 cm³/mol. The number of nitrogens with zero attached hydrogens (tertiary/aromatic N) is 3. The maximum atomic E-state index is 12.4. The molecule has 0 aliphatic rings. The van der Waals surface area contributed by atoms with Gasteiger partial charge in [0, 0.05) is 6.20 Å². The molecule has 0 saturated carbocycles. The molecule has 1 aromatic carbocycles. The first-order chi connectivity index (χ1) is 13.2. The van der Waals surface area contributed by atoms with Crippen LogP contribution in [0.25, 0.3) is 0 Å². The number of benzene rings is 1. The van der Waals surface area contributed by atoms with Gasteiger partial charge in [-0.05, 0) is 24.3 Å². The van der Waals surface area contributed by atoms with E-state index < -0.39 is 11.9 Å². The maximum Gasteiger partial charge on any atom is 0.339 e. The van der Waals surface area contributed by atoms with Gasteiger partial charge in [0.05, 0.1) is 43.0 Å². The van der Waals surface area contributed by atoms with Gasteiger partial charge in [0.1, 0.15) is 11.5 Å². The minimum absolute atomic E-state index is 0.123. The number of pyridine rings is 1. The fourth-order valence-electron chi connectivity index (χ4n) is 2.29. The van der Waals surface area contributed by atoms with Gasteiger partial charge in [-0.1, -0.05) is 18.2 Å². The highest BCUT2D eigenvalue weighted by Crippen LogP contribution is 2.17. The average Bonchev–Trinajstić information content (AvgIpc) is 2.73. The van der Waals surface area contributed by atoms with E-state index in [1.54, 1.807) is 30.5 Å². The van der Waals surface area contributed by atoms with Crippen LogP contribution in [0.4, 0.5) is 11.5 Å². The zero-order valence-electron chi connectivity index (χ0n) is 14.5. The Bertz CT molecular complexity index is 930. The lowest BCUT2D eigenvalue weighted by molar-refractivity contribution is 0.0602. The molecule has 0 saturated heterocycles. The summed E-state index contributed by atoms with van der Waals surface area (Å²) >= 11 is 0. The van der Waals surface area contributed by atoms with Crippen LogP contribution in [-0.4, -0.2) is 33.9 Å². The number of rotatable bonds is 6. The molecule has 3 rings (SSSR count). The van der Waals surface area contributed by atoms with Crippen molar-refractivity contribution in [3.05, 3.63) is 78.0 Å². The Kier molecular flexibility index (Phi) is 5.68. The van der Waals surface area contributed by atoms with Crippen LogP contribution in [0.15, 0.2) is 61.1 Å². The lowest BCUT2D eigenvalue weighted by Gasteiger charge is -2.09. The van der Waals surface area contributed by atoms with E-state index >= 15 is 0 Å². The quantitative estimate of drug-likeness (QED) is 0.648. The summed E-state index contributed by atoms with van der Waals surface area (Å²) in [5.74, 6) is -0.492. The van der Waals surface area contributed by atoms with E-state index in [4.69, 9.17) is 4.74 Å². The third kappa shape index (κ3) is 4.63. The monoisotopic (exact) mass is 363 g/mol. The minimum Gasteiger partial charge on any atom is -0.465 e. The molecule has 0 radical (unpaired) electrons. The van der Waals surface area contributed by atoms with Crippen molar-refractivity contribution in [2.75, 3.05) is 17.7 Å². The molecule has 0 spiro atoms. The van der Waals surface area contributed by atoms with Crippen molar-refractivity contribution in [3.63, 3.8) is 0 Å². The molecule has 0 aliphatic heterocycles. The van der Waals surface area contributed by atoms with Crippen LogP contribution in [0, 0.1) is 0 Å². The smallest absolute Gasteiger partial charge is 0.339 e. The number of carbonyl (C=O) groups is 2. The molecule has 2 N–H and O–H groups in total. The zero-order chi connectivity index (χ0) is 19.1. The summed E-state index contributed by atoms with van der Waals surface area (Å²) in [7, 11) is 1.28. The molecular weight excluding hydrogens is 346 g/mol. The van der Waals surface area contributed by atoms with Gasteiger partial charge in [0.15, 0.2) is 0 Å². The Labute approximate surface area is 155 Å². The Balaban J connectivity index is 1.65. The molecule has 0 aliphatic carbocycles. The Morgan fingerprint density at radius 3 is 2.52 bits per heavy atom. The Morgan fingerprint density at radius 2 is 1.81 bits per heavy atom. The molecule has 2 aromatic heterocycles. The summed E-state index contributed by atoms with van der Waals surface area (Å²) < 4.78 is 4.71. The van der Waals surface area contributed by atoms with Gasteiger partial charge in [-0.15, -0.1) is 0 Å². The first kappa shape index (κ1) is 18.0. The van der Waals surface area contributed by atoms with E-state index in [2.05, 4.69) is 25.6 Å². The summed E-state index contributed by atoms with van der Waals surface area (Å²) in [6.07, 6.45) is 4.53. The van der Waals surface area contributed by atoms with Crippen LogP contribution in [0.3, 0.4) is 0 Å². The number of hydrogen-bond donors (Lipinski definition) is 2. The van der Waals surface area contributed by atoms with E-state index in [0.29, 0.717) is 18.1 Å². The number of anilines is 2. The van der Waals surface area contributed by atoms with Crippen LogP contribution in [0.1, 0.15) is 26.5 Å². The lowest BCUT2D eigenvalue weighted by atomic mass is 10.1. The second-order valence-corrected chi connectivity index (χ2v) is 5.45. The summed E-state index contributed by atoms with van der Waals surface area (Å²) in [6.45, 7) is 0.494. The molecule has 0 atom stereocenters. The molecule has 1 amide bonds. The van der Waals surface area contributed by atoms with E-state index in [-0.39, 0.29) is 11.3 Å². The minimum atomic E-state index is -0.536. The molecule has 0 bridgehead atoms. The highest BCUT2D eigenvalue weighted by Gasteiger charge is 2.15. The highest BCUT2D eigenvalue weighted by molar-refractivity contribution is 6.06. The summed E-state index contributed by atoms with van der Waals surface area (Å²) in [6, 6.07) is 12.2. The normalized spacial score (nSPS) is 10.1. The van der Waals surface area contributed by atoms with Crippen LogP contribution >= 0.6 is 0 Å². The number of methoxy groups -OCH3 is 1. The fourth-order valence-corrected chi connectivity index (χ4v) is 2.29. The molecule has 0 unspecified atom stereocenters. The molecule has 8 nitrogen and oxygen atoms in total. The number of aromatic nitrogens is 3. The summed E-state index contributed by atoms with van der Waals surface area (Å²) in [5.41, 5.74) is 1.59. The first-order valence-electron chi connectivity index (χ1n) is 8.12. The van der Waals surface area contributed by atoms with Crippen molar-refractivity contribution < 1.29 is 14.3 Å². The van der Waals surface area contributed by atoms with Crippen molar-refractivity contribution in [2.45, 2.75) is 6.54 Å². The van der Waals surface area contributed by atoms with E-state index in [0.717, 1.165) is 5.69 Å². The highest BCUT2D eigenvalue weighted by atomic mass is 16.5. The summed E-state index contributed by atoms with van der Waals surface area (Å²) in [4.78, 5) is 36.6. The number of nitrogens with one attached hydrogen (secondary N) is 2. The van der Waals surface area contributed by atoms with Crippen LogP contribution in [0.2, 0.25) is 0 Å². The van der Waals surface area contributed by atoms with E-state index in [1.807, 2.05) is 18.2 Å². The van der Waals surface area contributed by atoms with Crippen molar-refractivity contribution in [3.8, 4) is 0 Å². The number of ether oxygens (including phenoxy) is 1. The largest absolute Gasteiger partial charge is 0.465 e. The molecule has 27 heavy (non-hydrogen) atoms. The third-order valence-electron chi connectivity index (χ3n) is 3.64. The third-order valence-corrected chi connectivity index (χ3v) is 3.64. The standard InChI is InChI=1S/C19H17N5O3/c1-27-19(26)14-7-2-3-8-15(14)24-18(25)16-11-23-17(12-21-16)22-10-13-6-4-5-9-20-13/h2-9,11-12H,10H2,1H3,(H,22,23)(H,24,25). The number of carbonyl (C=O) groups excluding carboxylic acids is 2. The van der Waals surface area contributed by atoms with Gasteiger partial charge in [-0.2, -0.15) is 0 Å². The molecule has 3 aromatic rings. The maximum absolute atomic E-state index is 12.4. The topological polar surface area (TPSA) is 106 Å². The van der Waals surface area contributed by atoms with E-state index in [9.17, 15) is 9.59 Å². The van der Waals surface area contributed by atoms with Gasteiger partial charge >= 0.3 is 5.97 Å². The van der Waals surface area contributed by atoms with Gasteiger partial charge in [0.2, 0.25) is 0 Å². The fraction of sp³-hybridized carbons (Fsp3) is 0.105. The van der Waals surface area contributed by atoms with Gasteiger partial charge < -0.3 is 15.4 Å². The van der Waals surface area contributed by atoms with Crippen LogP contribution < -0.4 is 10.6 Å². The zero-order valence-corrected chi connectivity index (χ0v) is 14.5. The van der Waals surface area contributed by atoms with Crippen molar-refractivity contribution in [1.29, 1.82) is 0 Å². The molecular formula is C19H17N5O3. The number of para-hydroxylation sites is 1. The van der Waals surface area contributed by atoms with Gasteiger partial charge in [-0.25, -0.2) is 14.8 Å². The average molecular weight is 363 g/mol. The molecule has 8 heteroatoms.